The Hall–Kier alpha value is -2.57. The number of nitrogens with two attached hydrogens (primary N) is 2. The van der Waals surface area contributed by atoms with Gasteiger partial charge in [-0.15, -0.1) is 0 Å². The minimum Gasteiger partial charge on any atom is -0.398 e. The summed E-state index contributed by atoms with van der Waals surface area (Å²) in [5.74, 6) is -1.18. The number of anilines is 2. The predicted octanol–water partition coefficient (Wildman–Crippen LogP) is 1.21. The number of hydrogen-bond acceptors (Lipinski definition) is 4. The number of imidazole rings is 1. The quantitative estimate of drug-likeness (QED) is 0.546. The van der Waals surface area contributed by atoms with Gasteiger partial charge in [-0.2, -0.15) is 0 Å². The molecule has 1 aromatic carbocycles. The van der Waals surface area contributed by atoms with Gasteiger partial charge in [0.15, 0.2) is 0 Å². The molecular formula is C13H16FN5O. The SMILES string of the molecule is NC(=O)c1cc(NCCCn2ccnc2)c(F)cc1N. The molecule has 0 saturated carbocycles. The molecule has 0 spiro atoms. The molecule has 0 aliphatic rings. The zero-order valence-electron chi connectivity index (χ0n) is 10.8. The van der Waals surface area contributed by atoms with Gasteiger partial charge >= 0.3 is 0 Å². The second-order valence-electron chi connectivity index (χ2n) is 4.36. The van der Waals surface area contributed by atoms with Gasteiger partial charge < -0.3 is 21.4 Å². The third-order valence-corrected chi connectivity index (χ3v) is 2.87. The highest BCUT2D eigenvalue weighted by molar-refractivity contribution is 5.99. The molecule has 5 N–H and O–H groups in total. The van der Waals surface area contributed by atoms with Crippen LogP contribution in [-0.4, -0.2) is 22.0 Å². The third kappa shape index (κ3) is 3.25. The number of hydrogen-bond donors (Lipinski definition) is 3. The number of benzene rings is 1. The van der Waals surface area contributed by atoms with E-state index in [2.05, 4.69) is 10.3 Å². The van der Waals surface area contributed by atoms with Gasteiger partial charge in [0.05, 0.1) is 17.6 Å². The fourth-order valence-corrected chi connectivity index (χ4v) is 1.84. The molecule has 0 aliphatic carbocycles. The summed E-state index contributed by atoms with van der Waals surface area (Å²) in [5, 5.41) is 2.93. The second-order valence-corrected chi connectivity index (χ2v) is 4.36. The monoisotopic (exact) mass is 277 g/mol. The highest BCUT2D eigenvalue weighted by Crippen LogP contribution is 2.21. The van der Waals surface area contributed by atoms with Crippen molar-refractivity contribution in [3.05, 3.63) is 42.2 Å². The molecule has 1 heterocycles. The average Bonchev–Trinajstić information content (AvgIpc) is 2.89. The summed E-state index contributed by atoms with van der Waals surface area (Å²) in [5.41, 5.74) is 11.1. The predicted molar refractivity (Wildman–Crippen MR) is 74.7 cm³/mol. The molecule has 0 aliphatic heterocycles. The number of aryl methyl sites for hydroxylation is 1. The number of aromatic nitrogens is 2. The van der Waals surface area contributed by atoms with Crippen LogP contribution in [-0.2, 0) is 6.54 Å². The van der Waals surface area contributed by atoms with E-state index >= 15 is 0 Å². The Morgan fingerprint density at radius 2 is 2.25 bits per heavy atom. The fourth-order valence-electron chi connectivity index (χ4n) is 1.84. The van der Waals surface area contributed by atoms with Gasteiger partial charge in [0, 0.05) is 31.2 Å². The maximum absolute atomic E-state index is 13.7. The summed E-state index contributed by atoms with van der Waals surface area (Å²) < 4.78 is 15.6. The van der Waals surface area contributed by atoms with Crippen LogP contribution in [0.25, 0.3) is 0 Å². The highest BCUT2D eigenvalue weighted by atomic mass is 19.1. The second kappa shape index (κ2) is 6.05. The van der Waals surface area contributed by atoms with Crippen molar-refractivity contribution in [1.29, 1.82) is 0 Å². The lowest BCUT2D eigenvalue weighted by atomic mass is 10.1. The number of rotatable bonds is 6. The Kier molecular flexibility index (Phi) is 4.19. The summed E-state index contributed by atoms with van der Waals surface area (Å²) in [4.78, 5) is 15.1. The smallest absolute Gasteiger partial charge is 0.250 e. The van der Waals surface area contributed by atoms with Crippen LogP contribution in [0.2, 0.25) is 0 Å². The molecule has 6 nitrogen and oxygen atoms in total. The van der Waals surface area contributed by atoms with Crippen molar-refractivity contribution in [2.75, 3.05) is 17.6 Å². The first-order chi connectivity index (χ1) is 9.58. The van der Waals surface area contributed by atoms with Crippen molar-refractivity contribution in [3.8, 4) is 0 Å². The molecule has 2 aromatic rings. The van der Waals surface area contributed by atoms with Gasteiger partial charge in [-0.3, -0.25) is 4.79 Å². The van der Waals surface area contributed by atoms with Gasteiger partial charge in [0.1, 0.15) is 5.82 Å². The largest absolute Gasteiger partial charge is 0.398 e. The van der Waals surface area contributed by atoms with Crippen molar-refractivity contribution >= 4 is 17.3 Å². The van der Waals surface area contributed by atoms with Gasteiger partial charge in [0.25, 0.3) is 5.91 Å². The van der Waals surface area contributed by atoms with Gasteiger partial charge in [-0.05, 0) is 18.6 Å². The van der Waals surface area contributed by atoms with E-state index in [1.54, 1.807) is 12.5 Å². The maximum Gasteiger partial charge on any atom is 0.250 e. The lowest BCUT2D eigenvalue weighted by molar-refractivity contribution is 0.100. The number of nitrogens with zero attached hydrogens (tertiary/aromatic N) is 2. The van der Waals surface area contributed by atoms with Gasteiger partial charge in [0.2, 0.25) is 0 Å². The standard InChI is InChI=1S/C13H16FN5O/c14-10-7-11(15)9(13(16)20)6-12(10)18-2-1-4-19-5-3-17-8-19/h3,5-8,18H,1-2,4,15H2,(H2,16,20). The number of nitrogens with one attached hydrogen (secondary N) is 1. The summed E-state index contributed by atoms with van der Waals surface area (Å²) in [7, 11) is 0. The van der Waals surface area contributed by atoms with E-state index in [4.69, 9.17) is 11.5 Å². The molecule has 0 fully saturated rings. The topological polar surface area (TPSA) is 99.0 Å². The fraction of sp³-hybridized carbons (Fsp3) is 0.231. The van der Waals surface area contributed by atoms with Crippen LogP contribution in [0.5, 0.6) is 0 Å². The zero-order valence-corrected chi connectivity index (χ0v) is 10.8. The number of primary amides is 1. The van der Waals surface area contributed by atoms with Crippen LogP contribution in [0.15, 0.2) is 30.9 Å². The molecular weight excluding hydrogens is 261 g/mol. The van der Waals surface area contributed by atoms with Crippen LogP contribution >= 0.6 is 0 Å². The summed E-state index contributed by atoms with van der Waals surface area (Å²) in [6, 6.07) is 2.43. The summed E-state index contributed by atoms with van der Waals surface area (Å²) in [6.07, 6.45) is 6.06. The van der Waals surface area contributed by atoms with E-state index in [0.29, 0.717) is 6.54 Å². The molecule has 106 valence electrons. The lowest BCUT2D eigenvalue weighted by Crippen LogP contribution is -2.15. The van der Waals surface area contributed by atoms with Crippen molar-refractivity contribution in [2.24, 2.45) is 5.73 Å². The molecule has 0 saturated heterocycles. The van der Waals surface area contributed by atoms with E-state index in [-0.39, 0.29) is 16.9 Å². The molecule has 20 heavy (non-hydrogen) atoms. The van der Waals surface area contributed by atoms with Crippen molar-refractivity contribution < 1.29 is 9.18 Å². The zero-order chi connectivity index (χ0) is 14.5. The average molecular weight is 277 g/mol. The molecule has 1 aromatic heterocycles. The van der Waals surface area contributed by atoms with Gasteiger partial charge in [-0.1, -0.05) is 0 Å². The molecule has 0 atom stereocenters. The van der Waals surface area contributed by atoms with E-state index in [1.165, 1.54) is 6.07 Å². The molecule has 7 heteroatoms. The first-order valence-electron chi connectivity index (χ1n) is 6.16. The Morgan fingerprint density at radius 1 is 1.45 bits per heavy atom. The van der Waals surface area contributed by atoms with E-state index in [0.717, 1.165) is 19.0 Å². The molecule has 0 unspecified atom stereocenters. The Labute approximate surface area is 115 Å². The minimum atomic E-state index is -0.677. The number of carbonyl (C=O) groups excluding carboxylic acids is 1. The highest BCUT2D eigenvalue weighted by Gasteiger charge is 2.11. The van der Waals surface area contributed by atoms with Crippen LogP contribution in [0, 0.1) is 5.82 Å². The first-order valence-corrected chi connectivity index (χ1v) is 6.16. The van der Waals surface area contributed by atoms with Crippen LogP contribution in [0.4, 0.5) is 15.8 Å². The lowest BCUT2D eigenvalue weighted by Gasteiger charge is -2.10. The first kappa shape index (κ1) is 13.9. The molecule has 1 amide bonds. The molecule has 0 radical (unpaired) electrons. The number of amides is 1. The Bertz CT molecular complexity index is 597. The van der Waals surface area contributed by atoms with Crippen molar-refractivity contribution in [2.45, 2.75) is 13.0 Å². The van der Waals surface area contributed by atoms with Crippen LogP contribution < -0.4 is 16.8 Å². The van der Waals surface area contributed by atoms with Crippen LogP contribution in [0.1, 0.15) is 16.8 Å². The van der Waals surface area contributed by atoms with E-state index in [9.17, 15) is 9.18 Å². The summed E-state index contributed by atoms with van der Waals surface area (Å²) in [6.45, 7) is 1.32. The maximum atomic E-state index is 13.7. The van der Waals surface area contributed by atoms with Crippen molar-refractivity contribution in [1.82, 2.24) is 9.55 Å². The number of carbonyl (C=O) groups is 1. The Morgan fingerprint density at radius 3 is 2.90 bits per heavy atom. The number of nitrogen functional groups attached to an aromatic ring is 1. The van der Waals surface area contributed by atoms with E-state index in [1.807, 2.05) is 10.8 Å². The molecule has 0 bridgehead atoms. The third-order valence-electron chi connectivity index (χ3n) is 2.87. The Balaban J connectivity index is 1.95. The number of halogens is 1. The summed E-state index contributed by atoms with van der Waals surface area (Å²) >= 11 is 0. The molecule has 2 rings (SSSR count). The minimum absolute atomic E-state index is 0.0407. The normalized spacial score (nSPS) is 10.4. The van der Waals surface area contributed by atoms with Crippen molar-refractivity contribution in [3.63, 3.8) is 0 Å². The van der Waals surface area contributed by atoms with Crippen LogP contribution in [0.3, 0.4) is 0 Å². The van der Waals surface area contributed by atoms with E-state index < -0.39 is 11.7 Å². The van der Waals surface area contributed by atoms with Gasteiger partial charge in [-0.25, -0.2) is 9.37 Å².